The number of carbonyl (C=O) groups is 1. The van der Waals surface area contributed by atoms with Gasteiger partial charge < -0.3 is 14.4 Å². The van der Waals surface area contributed by atoms with Crippen molar-refractivity contribution in [1.29, 1.82) is 0 Å². The van der Waals surface area contributed by atoms with E-state index in [9.17, 15) is 4.79 Å². The fourth-order valence-electron chi connectivity index (χ4n) is 2.93. The summed E-state index contributed by atoms with van der Waals surface area (Å²) in [5, 5.41) is 0.824. The summed E-state index contributed by atoms with van der Waals surface area (Å²) in [7, 11) is 1.62. The minimum atomic E-state index is -0.177. The average Bonchev–Trinajstić information content (AvgIpc) is 2.97. The van der Waals surface area contributed by atoms with Gasteiger partial charge in [0.1, 0.15) is 0 Å². The van der Waals surface area contributed by atoms with E-state index in [2.05, 4.69) is 9.89 Å². The molecular weight excluding hydrogens is 336 g/mol. The van der Waals surface area contributed by atoms with E-state index < -0.39 is 0 Å². The zero-order chi connectivity index (χ0) is 17.8. The van der Waals surface area contributed by atoms with Gasteiger partial charge in [0.2, 0.25) is 0 Å². The number of benzene rings is 1. The number of hydrogen-bond donors (Lipinski definition) is 0. The van der Waals surface area contributed by atoms with Gasteiger partial charge in [0.25, 0.3) is 5.91 Å². The number of likely N-dealkylation sites (tertiary alicyclic amines) is 1. The Balaban J connectivity index is 1.85. The smallest absolute Gasteiger partial charge is 0.286 e. The van der Waals surface area contributed by atoms with Crippen LogP contribution >= 0.6 is 11.8 Å². The Labute approximate surface area is 153 Å². The van der Waals surface area contributed by atoms with Crippen LogP contribution in [-0.2, 0) is 4.79 Å². The number of piperidine rings is 1. The van der Waals surface area contributed by atoms with E-state index in [-0.39, 0.29) is 12.0 Å². The monoisotopic (exact) mass is 360 g/mol. The molecule has 2 aliphatic heterocycles. The van der Waals surface area contributed by atoms with E-state index in [1.807, 2.05) is 38.1 Å². The Morgan fingerprint density at radius 1 is 1.24 bits per heavy atom. The van der Waals surface area contributed by atoms with Crippen LogP contribution in [0.25, 0.3) is 6.08 Å². The molecular formula is C19H24N2O3S. The molecule has 1 aromatic rings. The number of hydrogen-bond acceptors (Lipinski definition) is 5. The molecule has 0 radical (unpaired) electrons. The van der Waals surface area contributed by atoms with Crippen LogP contribution in [0.5, 0.6) is 11.5 Å². The number of carbonyl (C=O) groups excluding carboxylic acids is 1. The Morgan fingerprint density at radius 2 is 2.00 bits per heavy atom. The van der Waals surface area contributed by atoms with E-state index >= 15 is 0 Å². The van der Waals surface area contributed by atoms with Crippen LogP contribution in [-0.4, -0.2) is 42.3 Å². The quantitative estimate of drug-likeness (QED) is 0.761. The minimum absolute atomic E-state index is 0.0144. The van der Waals surface area contributed by atoms with E-state index in [1.165, 1.54) is 18.2 Å². The second kappa shape index (κ2) is 7.95. The number of para-hydroxylation sites is 1. The largest absolute Gasteiger partial charge is 0.493 e. The molecule has 1 aromatic carbocycles. The molecule has 0 unspecified atom stereocenters. The van der Waals surface area contributed by atoms with Crippen molar-refractivity contribution in [3.63, 3.8) is 0 Å². The van der Waals surface area contributed by atoms with Gasteiger partial charge in [-0.2, -0.15) is 4.99 Å². The van der Waals surface area contributed by atoms with Crippen LogP contribution in [0.15, 0.2) is 28.1 Å². The van der Waals surface area contributed by atoms with E-state index in [1.54, 1.807) is 7.11 Å². The van der Waals surface area contributed by atoms with Gasteiger partial charge in [-0.15, -0.1) is 0 Å². The van der Waals surface area contributed by atoms with Crippen molar-refractivity contribution in [3.8, 4) is 11.5 Å². The molecule has 0 N–H and O–H groups in total. The lowest BCUT2D eigenvalue weighted by atomic mass is 10.1. The molecule has 2 aliphatic rings. The maximum atomic E-state index is 12.3. The maximum absolute atomic E-state index is 12.3. The first-order valence-electron chi connectivity index (χ1n) is 8.69. The van der Waals surface area contributed by atoms with E-state index in [4.69, 9.17) is 9.47 Å². The van der Waals surface area contributed by atoms with Crippen LogP contribution in [0.4, 0.5) is 0 Å². The van der Waals surface area contributed by atoms with Gasteiger partial charge in [0, 0.05) is 18.7 Å². The fraction of sp³-hybridized carbons (Fsp3) is 0.474. The second-order valence-corrected chi connectivity index (χ2v) is 7.41. The van der Waals surface area contributed by atoms with Crippen LogP contribution < -0.4 is 9.47 Å². The van der Waals surface area contributed by atoms with Crippen molar-refractivity contribution in [2.24, 2.45) is 4.99 Å². The molecule has 1 saturated heterocycles. The molecule has 0 aromatic heterocycles. The Hall–Kier alpha value is -1.95. The highest BCUT2D eigenvalue weighted by Gasteiger charge is 2.27. The molecule has 6 heteroatoms. The number of thioether (sulfide) groups is 1. The van der Waals surface area contributed by atoms with Crippen molar-refractivity contribution in [3.05, 3.63) is 28.7 Å². The molecule has 0 atom stereocenters. The summed E-state index contributed by atoms with van der Waals surface area (Å²) in [4.78, 5) is 19.4. The summed E-state index contributed by atoms with van der Waals surface area (Å²) in [5.74, 6) is 1.15. The van der Waals surface area contributed by atoms with Gasteiger partial charge in [-0.05, 0) is 57.0 Å². The van der Waals surface area contributed by atoms with Gasteiger partial charge in [-0.25, -0.2) is 0 Å². The van der Waals surface area contributed by atoms with Crippen molar-refractivity contribution >= 4 is 28.9 Å². The van der Waals surface area contributed by atoms with Crippen molar-refractivity contribution in [2.75, 3.05) is 20.2 Å². The molecule has 5 nitrogen and oxygen atoms in total. The minimum Gasteiger partial charge on any atom is -0.493 e. The highest BCUT2D eigenvalue weighted by atomic mass is 32.2. The van der Waals surface area contributed by atoms with Crippen molar-refractivity contribution < 1.29 is 14.3 Å². The van der Waals surface area contributed by atoms with Gasteiger partial charge in [0.15, 0.2) is 16.7 Å². The standard InChI is InChI=1S/C19H24N2O3S/c1-13(2)24-17-14(8-7-9-15(17)23-3)12-16-18(22)20-19(25-16)21-10-5-4-6-11-21/h7-9,12-13H,4-6,10-11H2,1-3H3/b16-12+. The van der Waals surface area contributed by atoms with E-state index in [0.29, 0.717) is 16.4 Å². The van der Waals surface area contributed by atoms with Crippen LogP contribution in [0.3, 0.4) is 0 Å². The molecule has 3 rings (SSSR count). The summed E-state index contributed by atoms with van der Waals surface area (Å²) < 4.78 is 11.3. The first-order chi connectivity index (χ1) is 12.1. The number of nitrogens with zero attached hydrogens (tertiary/aromatic N) is 2. The summed E-state index contributed by atoms with van der Waals surface area (Å²) in [5.41, 5.74) is 0.832. The van der Waals surface area contributed by atoms with Crippen LogP contribution in [0.1, 0.15) is 38.7 Å². The molecule has 1 fully saturated rings. The third-order valence-corrected chi connectivity index (χ3v) is 5.15. The highest BCUT2D eigenvalue weighted by Crippen LogP contribution is 2.37. The third kappa shape index (κ3) is 4.18. The fourth-order valence-corrected chi connectivity index (χ4v) is 3.88. The number of rotatable bonds is 4. The number of amides is 1. The number of amidine groups is 1. The number of aliphatic imine (C=N–C) groups is 1. The lowest BCUT2D eigenvalue weighted by molar-refractivity contribution is -0.113. The zero-order valence-electron chi connectivity index (χ0n) is 14.9. The maximum Gasteiger partial charge on any atom is 0.286 e. The lowest BCUT2D eigenvalue weighted by Gasteiger charge is -2.27. The first kappa shape index (κ1) is 17.9. The third-order valence-electron chi connectivity index (χ3n) is 4.11. The SMILES string of the molecule is COc1cccc(/C=C2/SC(N3CCCCC3)=NC2=O)c1OC(C)C. The predicted octanol–water partition coefficient (Wildman–Crippen LogP) is 3.94. The predicted molar refractivity (Wildman–Crippen MR) is 102 cm³/mol. The molecule has 0 aliphatic carbocycles. The second-order valence-electron chi connectivity index (χ2n) is 6.40. The first-order valence-corrected chi connectivity index (χ1v) is 9.51. The van der Waals surface area contributed by atoms with Gasteiger partial charge in [-0.1, -0.05) is 12.1 Å². The van der Waals surface area contributed by atoms with Gasteiger partial charge in [-0.3, -0.25) is 4.79 Å². The summed E-state index contributed by atoms with van der Waals surface area (Å²) in [6, 6.07) is 5.69. The molecule has 25 heavy (non-hydrogen) atoms. The van der Waals surface area contributed by atoms with Gasteiger partial charge in [0.05, 0.1) is 18.1 Å². The molecule has 0 bridgehead atoms. The summed E-state index contributed by atoms with van der Waals surface area (Å²) in [6.07, 6.45) is 5.45. The van der Waals surface area contributed by atoms with Crippen LogP contribution in [0.2, 0.25) is 0 Å². The number of ether oxygens (including phenoxy) is 2. The normalized spacial score (nSPS) is 19.5. The molecule has 0 saturated carbocycles. The van der Waals surface area contributed by atoms with Crippen molar-refractivity contribution in [2.45, 2.75) is 39.2 Å². The number of methoxy groups -OCH3 is 1. The summed E-state index contributed by atoms with van der Waals surface area (Å²) in [6.45, 7) is 5.90. The molecule has 134 valence electrons. The zero-order valence-corrected chi connectivity index (χ0v) is 15.8. The van der Waals surface area contributed by atoms with Crippen molar-refractivity contribution in [1.82, 2.24) is 4.90 Å². The molecule has 1 amide bonds. The highest BCUT2D eigenvalue weighted by molar-refractivity contribution is 8.18. The topological polar surface area (TPSA) is 51.1 Å². The lowest BCUT2D eigenvalue weighted by Crippen LogP contribution is -2.33. The van der Waals surface area contributed by atoms with Crippen LogP contribution in [0, 0.1) is 0 Å². The average molecular weight is 360 g/mol. The Morgan fingerprint density at radius 3 is 2.68 bits per heavy atom. The molecule has 0 spiro atoms. The summed E-state index contributed by atoms with van der Waals surface area (Å²) >= 11 is 1.45. The molecule has 2 heterocycles. The Bertz CT molecular complexity index is 707. The van der Waals surface area contributed by atoms with E-state index in [0.717, 1.165) is 36.7 Å². The Kier molecular flexibility index (Phi) is 5.68. The van der Waals surface area contributed by atoms with Gasteiger partial charge >= 0.3 is 0 Å².